The minimum absolute atomic E-state index is 0.356. The van der Waals surface area contributed by atoms with Gasteiger partial charge in [0.1, 0.15) is 0 Å². The average molecular weight is 235 g/mol. The van der Waals surface area contributed by atoms with Crippen molar-refractivity contribution in [2.75, 3.05) is 23.7 Å². The number of β-amino-alcohol motifs (C(OH)–C–C–N with tert-alkyl or cyclic N) is 1. The number of anilines is 2. The topological polar surface area (TPSA) is 92.6 Å². The van der Waals surface area contributed by atoms with Crippen LogP contribution in [-0.2, 0) is 0 Å². The monoisotopic (exact) mass is 235 g/mol. The van der Waals surface area contributed by atoms with Gasteiger partial charge in [0.15, 0.2) is 0 Å². The average Bonchev–Trinajstić information content (AvgIpc) is 2.28. The van der Waals surface area contributed by atoms with Gasteiger partial charge in [-0.05, 0) is 31.0 Å². The predicted octanol–water partition coefficient (Wildman–Crippen LogP) is 0.329. The standard InChI is InChI=1S/C12H17N3O2/c13-8-3-4-10(12(14)17)11(6-8)15-5-1-2-9(16)7-15/h3-4,6,9,16H,1-2,5,7,13H2,(H2,14,17). The Morgan fingerprint density at radius 2 is 2.24 bits per heavy atom. The number of nitrogen functional groups attached to an aromatic ring is 1. The van der Waals surface area contributed by atoms with Crippen molar-refractivity contribution >= 4 is 17.3 Å². The van der Waals surface area contributed by atoms with E-state index in [1.54, 1.807) is 18.2 Å². The number of nitrogens with zero attached hydrogens (tertiary/aromatic N) is 1. The van der Waals surface area contributed by atoms with Gasteiger partial charge in [0, 0.05) is 18.8 Å². The van der Waals surface area contributed by atoms with Gasteiger partial charge in [-0.1, -0.05) is 0 Å². The Labute approximate surface area is 100 Å². The molecule has 1 heterocycles. The molecule has 0 bridgehead atoms. The molecule has 0 aromatic heterocycles. The molecule has 0 radical (unpaired) electrons. The molecule has 1 saturated heterocycles. The fourth-order valence-corrected chi connectivity index (χ4v) is 2.19. The van der Waals surface area contributed by atoms with Crippen LogP contribution in [-0.4, -0.2) is 30.2 Å². The van der Waals surface area contributed by atoms with E-state index >= 15 is 0 Å². The Balaban J connectivity index is 2.35. The van der Waals surface area contributed by atoms with Crippen molar-refractivity contribution in [2.45, 2.75) is 18.9 Å². The van der Waals surface area contributed by atoms with E-state index in [9.17, 15) is 9.90 Å². The van der Waals surface area contributed by atoms with Gasteiger partial charge in [-0.2, -0.15) is 0 Å². The fourth-order valence-electron chi connectivity index (χ4n) is 2.19. The second kappa shape index (κ2) is 4.63. The van der Waals surface area contributed by atoms with Crippen LogP contribution in [0.15, 0.2) is 18.2 Å². The molecule has 1 atom stereocenters. The number of primary amides is 1. The molecule has 5 heteroatoms. The fraction of sp³-hybridized carbons (Fsp3) is 0.417. The van der Waals surface area contributed by atoms with Crippen molar-refractivity contribution in [3.8, 4) is 0 Å². The summed E-state index contributed by atoms with van der Waals surface area (Å²) in [6.07, 6.45) is 1.34. The second-order valence-corrected chi connectivity index (χ2v) is 4.38. The first-order chi connectivity index (χ1) is 8.08. The van der Waals surface area contributed by atoms with Crippen LogP contribution in [0.3, 0.4) is 0 Å². The van der Waals surface area contributed by atoms with Crippen molar-refractivity contribution in [2.24, 2.45) is 5.73 Å². The third kappa shape index (κ3) is 2.50. The van der Waals surface area contributed by atoms with E-state index in [4.69, 9.17) is 11.5 Å². The van der Waals surface area contributed by atoms with Crippen LogP contribution in [0.1, 0.15) is 23.2 Å². The molecule has 1 aromatic rings. The molecule has 0 aliphatic carbocycles. The quantitative estimate of drug-likeness (QED) is 0.644. The summed E-state index contributed by atoms with van der Waals surface area (Å²) in [5.74, 6) is -0.472. The van der Waals surface area contributed by atoms with E-state index in [0.717, 1.165) is 25.1 Å². The lowest BCUT2D eigenvalue weighted by molar-refractivity contribution is 0.1000. The number of aliphatic hydroxyl groups is 1. The zero-order valence-corrected chi connectivity index (χ0v) is 9.60. The molecular formula is C12H17N3O2. The van der Waals surface area contributed by atoms with Crippen molar-refractivity contribution in [3.63, 3.8) is 0 Å². The highest BCUT2D eigenvalue weighted by Gasteiger charge is 2.21. The number of carbonyl (C=O) groups excluding carboxylic acids is 1. The van der Waals surface area contributed by atoms with E-state index in [-0.39, 0.29) is 6.10 Å². The Morgan fingerprint density at radius 3 is 2.88 bits per heavy atom. The lowest BCUT2D eigenvalue weighted by atomic mass is 10.0. The summed E-state index contributed by atoms with van der Waals surface area (Å²) >= 11 is 0. The third-order valence-electron chi connectivity index (χ3n) is 3.02. The molecule has 0 spiro atoms. The van der Waals surface area contributed by atoms with Crippen molar-refractivity contribution in [1.82, 2.24) is 0 Å². The zero-order chi connectivity index (χ0) is 12.4. The maximum atomic E-state index is 11.3. The van der Waals surface area contributed by atoms with E-state index in [1.807, 2.05) is 4.90 Å². The summed E-state index contributed by atoms with van der Waals surface area (Å²) in [4.78, 5) is 13.3. The molecule has 17 heavy (non-hydrogen) atoms. The number of carbonyl (C=O) groups is 1. The van der Waals surface area contributed by atoms with Gasteiger partial charge in [-0.3, -0.25) is 4.79 Å². The molecule has 2 rings (SSSR count). The second-order valence-electron chi connectivity index (χ2n) is 4.38. The molecule has 5 nitrogen and oxygen atoms in total. The van der Waals surface area contributed by atoms with Crippen molar-refractivity contribution in [3.05, 3.63) is 23.8 Å². The highest BCUT2D eigenvalue weighted by molar-refractivity contribution is 5.99. The number of hydrogen-bond donors (Lipinski definition) is 3. The number of benzene rings is 1. The van der Waals surface area contributed by atoms with E-state index in [2.05, 4.69) is 0 Å². The van der Waals surface area contributed by atoms with Gasteiger partial charge in [-0.25, -0.2) is 0 Å². The number of aliphatic hydroxyl groups excluding tert-OH is 1. The highest BCUT2D eigenvalue weighted by atomic mass is 16.3. The van der Waals surface area contributed by atoms with Gasteiger partial charge in [-0.15, -0.1) is 0 Å². The lowest BCUT2D eigenvalue weighted by Gasteiger charge is -2.33. The summed E-state index contributed by atoms with van der Waals surface area (Å²) < 4.78 is 0. The maximum absolute atomic E-state index is 11.3. The molecule has 1 aromatic carbocycles. The van der Waals surface area contributed by atoms with Crippen LogP contribution >= 0.6 is 0 Å². The Kier molecular flexibility index (Phi) is 3.19. The van der Waals surface area contributed by atoms with Gasteiger partial charge >= 0.3 is 0 Å². The first-order valence-electron chi connectivity index (χ1n) is 5.70. The normalized spacial score (nSPS) is 20.3. The minimum Gasteiger partial charge on any atom is -0.399 e. The SMILES string of the molecule is NC(=O)c1ccc(N)cc1N1CCCC(O)C1. The van der Waals surface area contributed by atoms with E-state index in [0.29, 0.717) is 17.8 Å². The molecule has 1 aliphatic rings. The number of hydrogen-bond acceptors (Lipinski definition) is 4. The number of nitrogens with two attached hydrogens (primary N) is 2. The van der Waals surface area contributed by atoms with Gasteiger partial charge in [0.05, 0.1) is 17.4 Å². The molecule has 0 saturated carbocycles. The minimum atomic E-state index is -0.472. The smallest absolute Gasteiger partial charge is 0.250 e. The first-order valence-corrected chi connectivity index (χ1v) is 5.70. The molecule has 92 valence electrons. The zero-order valence-electron chi connectivity index (χ0n) is 9.60. The van der Waals surface area contributed by atoms with E-state index < -0.39 is 5.91 Å². The van der Waals surface area contributed by atoms with E-state index in [1.165, 1.54) is 0 Å². The summed E-state index contributed by atoms with van der Waals surface area (Å²) in [6.45, 7) is 1.32. The van der Waals surface area contributed by atoms with Crippen LogP contribution in [0, 0.1) is 0 Å². The summed E-state index contributed by atoms with van der Waals surface area (Å²) in [6, 6.07) is 5.02. The predicted molar refractivity (Wildman–Crippen MR) is 66.8 cm³/mol. The van der Waals surface area contributed by atoms with Crippen molar-refractivity contribution in [1.29, 1.82) is 0 Å². The number of rotatable bonds is 2. The molecule has 1 aliphatic heterocycles. The van der Waals surface area contributed by atoms with Crippen LogP contribution in [0.2, 0.25) is 0 Å². The number of amides is 1. The van der Waals surface area contributed by atoms with Crippen molar-refractivity contribution < 1.29 is 9.90 Å². The van der Waals surface area contributed by atoms with Crippen LogP contribution in [0.4, 0.5) is 11.4 Å². The summed E-state index contributed by atoms with van der Waals surface area (Å²) in [5.41, 5.74) is 12.8. The summed E-state index contributed by atoms with van der Waals surface area (Å²) in [7, 11) is 0. The van der Waals surface area contributed by atoms with Gasteiger partial charge in [0.25, 0.3) is 5.91 Å². The highest BCUT2D eigenvalue weighted by Crippen LogP contribution is 2.26. The lowest BCUT2D eigenvalue weighted by Crippen LogP contribution is -2.39. The van der Waals surface area contributed by atoms with Crippen LogP contribution in [0.25, 0.3) is 0 Å². The first kappa shape index (κ1) is 11.7. The third-order valence-corrected chi connectivity index (χ3v) is 3.02. The van der Waals surface area contributed by atoms with Gasteiger partial charge < -0.3 is 21.5 Å². The molecule has 1 fully saturated rings. The Hall–Kier alpha value is -1.75. The van der Waals surface area contributed by atoms with Crippen LogP contribution < -0.4 is 16.4 Å². The Morgan fingerprint density at radius 1 is 1.47 bits per heavy atom. The van der Waals surface area contributed by atoms with Gasteiger partial charge in [0.2, 0.25) is 0 Å². The molecule has 1 unspecified atom stereocenters. The molecular weight excluding hydrogens is 218 g/mol. The van der Waals surface area contributed by atoms with Crippen LogP contribution in [0.5, 0.6) is 0 Å². The molecule has 1 amide bonds. The summed E-state index contributed by atoms with van der Waals surface area (Å²) in [5, 5.41) is 9.65. The Bertz CT molecular complexity index is 434. The molecule has 5 N–H and O–H groups in total. The maximum Gasteiger partial charge on any atom is 0.250 e. The number of piperidine rings is 1. The largest absolute Gasteiger partial charge is 0.399 e.